The number of carbonyl (C=O) groups is 1. The number of esters is 1. The highest BCUT2D eigenvalue weighted by Crippen LogP contribution is 2.29. The number of nitrogens with zero attached hydrogens (tertiary/aromatic N) is 1. The van der Waals surface area contributed by atoms with Crippen molar-refractivity contribution in [3.63, 3.8) is 0 Å². The molecule has 0 radical (unpaired) electrons. The number of carbonyl (C=O) groups excluding carboxylic acids is 1. The Bertz CT molecular complexity index is 233. The van der Waals surface area contributed by atoms with Crippen LogP contribution in [0.1, 0.15) is 25.7 Å². The van der Waals surface area contributed by atoms with Gasteiger partial charge in [-0.25, -0.2) is 0 Å². The standard InChI is InChI=1S/C11H20N2O2/c12-7-9-3-1-4-10(9)13-5-2-6-15-11(14)8-13/h9-10H,1-8,12H2. The van der Waals surface area contributed by atoms with Gasteiger partial charge in [0.2, 0.25) is 0 Å². The summed E-state index contributed by atoms with van der Waals surface area (Å²) < 4.78 is 5.05. The fourth-order valence-electron chi connectivity index (χ4n) is 2.80. The predicted molar refractivity (Wildman–Crippen MR) is 57.3 cm³/mol. The van der Waals surface area contributed by atoms with Gasteiger partial charge < -0.3 is 10.5 Å². The van der Waals surface area contributed by atoms with E-state index in [1.54, 1.807) is 0 Å². The zero-order valence-electron chi connectivity index (χ0n) is 9.15. The van der Waals surface area contributed by atoms with E-state index >= 15 is 0 Å². The van der Waals surface area contributed by atoms with Gasteiger partial charge in [0.05, 0.1) is 13.2 Å². The van der Waals surface area contributed by atoms with E-state index in [2.05, 4.69) is 4.90 Å². The average Bonchev–Trinajstić information content (AvgIpc) is 2.61. The van der Waals surface area contributed by atoms with E-state index in [-0.39, 0.29) is 5.97 Å². The van der Waals surface area contributed by atoms with Crippen molar-refractivity contribution in [2.75, 3.05) is 26.2 Å². The largest absolute Gasteiger partial charge is 0.465 e. The SMILES string of the molecule is NCC1CCCC1N1CCCOC(=O)C1. The number of ether oxygens (including phenoxy) is 1. The van der Waals surface area contributed by atoms with Gasteiger partial charge in [0.25, 0.3) is 0 Å². The maximum atomic E-state index is 11.4. The summed E-state index contributed by atoms with van der Waals surface area (Å²) in [5, 5.41) is 0. The van der Waals surface area contributed by atoms with Gasteiger partial charge >= 0.3 is 5.97 Å². The summed E-state index contributed by atoms with van der Waals surface area (Å²) in [6.07, 6.45) is 4.61. The molecular weight excluding hydrogens is 192 g/mol. The van der Waals surface area contributed by atoms with Crippen molar-refractivity contribution in [2.24, 2.45) is 11.7 Å². The molecule has 2 fully saturated rings. The van der Waals surface area contributed by atoms with Gasteiger partial charge in [-0.15, -0.1) is 0 Å². The molecule has 1 saturated heterocycles. The minimum absolute atomic E-state index is 0.0739. The molecule has 0 aromatic carbocycles. The van der Waals surface area contributed by atoms with Crippen molar-refractivity contribution >= 4 is 5.97 Å². The van der Waals surface area contributed by atoms with Crippen LogP contribution in [0, 0.1) is 5.92 Å². The van der Waals surface area contributed by atoms with Gasteiger partial charge in [-0.2, -0.15) is 0 Å². The molecule has 86 valence electrons. The summed E-state index contributed by atoms with van der Waals surface area (Å²) >= 11 is 0. The Balaban J connectivity index is 1.98. The van der Waals surface area contributed by atoms with Gasteiger partial charge in [0.15, 0.2) is 0 Å². The van der Waals surface area contributed by atoms with Crippen LogP contribution in [0.5, 0.6) is 0 Å². The zero-order valence-corrected chi connectivity index (χ0v) is 9.15. The fraction of sp³-hybridized carbons (Fsp3) is 0.909. The summed E-state index contributed by atoms with van der Waals surface area (Å²) in [6.45, 7) is 2.76. The van der Waals surface area contributed by atoms with Crippen LogP contribution in [0.15, 0.2) is 0 Å². The molecule has 4 nitrogen and oxygen atoms in total. The summed E-state index contributed by atoms with van der Waals surface area (Å²) in [4.78, 5) is 13.6. The van der Waals surface area contributed by atoms with Crippen molar-refractivity contribution in [3.05, 3.63) is 0 Å². The topological polar surface area (TPSA) is 55.6 Å². The van der Waals surface area contributed by atoms with Crippen LogP contribution in [0.3, 0.4) is 0 Å². The maximum Gasteiger partial charge on any atom is 0.320 e. The Morgan fingerprint density at radius 2 is 2.27 bits per heavy atom. The molecule has 1 heterocycles. The van der Waals surface area contributed by atoms with E-state index in [0.29, 0.717) is 25.1 Å². The van der Waals surface area contributed by atoms with Gasteiger partial charge in [-0.05, 0) is 31.7 Å². The first-order chi connectivity index (χ1) is 7.31. The maximum absolute atomic E-state index is 11.4. The zero-order chi connectivity index (χ0) is 10.7. The molecule has 2 unspecified atom stereocenters. The van der Waals surface area contributed by atoms with Gasteiger partial charge in [0, 0.05) is 12.6 Å². The predicted octanol–water partition coefficient (Wildman–Crippen LogP) is 0.363. The molecule has 0 aromatic rings. The molecule has 0 spiro atoms. The van der Waals surface area contributed by atoms with Crippen molar-refractivity contribution in [2.45, 2.75) is 31.7 Å². The van der Waals surface area contributed by atoms with Crippen LogP contribution >= 0.6 is 0 Å². The smallest absolute Gasteiger partial charge is 0.320 e. The minimum atomic E-state index is -0.0739. The third-order valence-corrected chi connectivity index (χ3v) is 3.58. The monoisotopic (exact) mass is 212 g/mol. The Kier molecular flexibility index (Phi) is 3.59. The van der Waals surface area contributed by atoms with Crippen LogP contribution in [0.2, 0.25) is 0 Å². The molecule has 1 saturated carbocycles. The van der Waals surface area contributed by atoms with Crippen LogP contribution in [0.4, 0.5) is 0 Å². The molecule has 2 atom stereocenters. The molecule has 0 bridgehead atoms. The van der Waals surface area contributed by atoms with E-state index in [0.717, 1.165) is 19.5 Å². The second kappa shape index (κ2) is 4.94. The second-order valence-electron chi connectivity index (χ2n) is 4.54. The lowest BCUT2D eigenvalue weighted by Gasteiger charge is -2.30. The molecular formula is C11H20N2O2. The number of rotatable bonds is 2. The quantitative estimate of drug-likeness (QED) is 0.672. The highest BCUT2D eigenvalue weighted by molar-refractivity contribution is 5.71. The summed E-state index contributed by atoms with van der Waals surface area (Å²) in [7, 11) is 0. The number of hydrogen-bond acceptors (Lipinski definition) is 4. The third-order valence-electron chi connectivity index (χ3n) is 3.58. The van der Waals surface area contributed by atoms with Gasteiger partial charge in [-0.3, -0.25) is 9.69 Å². The van der Waals surface area contributed by atoms with Crippen molar-refractivity contribution in [1.82, 2.24) is 4.90 Å². The lowest BCUT2D eigenvalue weighted by Crippen LogP contribution is -2.42. The number of cyclic esters (lactones) is 1. The summed E-state index contributed by atoms with van der Waals surface area (Å²) in [5.74, 6) is 0.506. The molecule has 0 amide bonds. The fourth-order valence-corrected chi connectivity index (χ4v) is 2.80. The highest BCUT2D eigenvalue weighted by atomic mass is 16.5. The molecule has 0 aromatic heterocycles. The highest BCUT2D eigenvalue weighted by Gasteiger charge is 2.32. The first kappa shape index (κ1) is 10.9. The molecule has 2 N–H and O–H groups in total. The molecule has 2 aliphatic rings. The van der Waals surface area contributed by atoms with E-state index in [9.17, 15) is 4.79 Å². The first-order valence-electron chi connectivity index (χ1n) is 5.91. The van der Waals surface area contributed by atoms with Gasteiger partial charge in [-0.1, -0.05) is 6.42 Å². The third kappa shape index (κ3) is 2.49. The van der Waals surface area contributed by atoms with Crippen molar-refractivity contribution in [3.8, 4) is 0 Å². The summed E-state index contributed by atoms with van der Waals surface area (Å²) in [5.41, 5.74) is 5.76. The van der Waals surface area contributed by atoms with Crippen LogP contribution in [0.25, 0.3) is 0 Å². The average molecular weight is 212 g/mol. The van der Waals surface area contributed by atoms with E-state index in [4.69, 9.17) is 10.5 Å². The lowest BCUT2D eigenvalue weighted by molar-refractivity contribution is -0.143. The lowest BCUT2D eigenvalue weighted by atomic mass is 10.0. The van der Waals surface area contributed by atoms with E-state index < -0.39 is 0 Å². The molecule has 15 heavy (non-hydrogen) atoms. The summed E-state index contributed by atoms with van der Waals surface area (Å²) in [6, 6.07) is 0.514. The Hall–Kier alpha value is -0.610. The van der Waals surface area contributed by atoms with E-state index in [1.807, 2.05) is 0 Å². The van der Waals surface area contributed by atoms with Crippen molar-refractivity contribution in [1.29, 1.82) is 0 Å². The van der Waals surface area contributed by atoms with Crippen LogP contribution in [-0.4, -0.2) is 43.2 Å². The molecule has 1 aliphatic carbocycles. The van der Waals surface area contributed by atoms with E-state index in [1.165, 1.54) is 19.3 Å². The van der Waals surface area contributed by atoms with Crippen molar-refractivity contribution < 1.29 is 9.53 Å². The second-order valence-corrected chi connectivity index (χ2v) is 4.54. The number of hydrogen-bond donors (Lipinski definition) is 1. The first-order valence-corrected chi connectivity index (χ1v) is 5.91. The Labute approximate surface area is 90.8 Å². The van der Waals surface area contributed by atoms with Gasteiger partial charge in [0.1, 0.15) is 0 Å². The Morgan fingerprint density at radius 3 is 3.07 bits per heavy atom. The van der Waals surface area contributed by atoms with Crippen LogP contribution in [-0.2, 0) is 9.53 Å². The number of nitrogens with two attached hydrogens (primary N) is 1. The minimum Gasteiger partial charge on any atom is -0.465 e. The normalized spacial score (nSPS) is 33.8. The molecule has 4 heteroatoms. The Morgan fingerprint density at radius 1 is 1.40 bits per heavy atom. The molecule has 2 rings (SSSR count). The molecule has 1 aliphatic heterocycles. The van der Waals surface area contributed by atoms with Crippen LogP contribution < -0.4 is 5.73 Å².